The van der Waals surface area contributed by atoms with Crippen molar-refractivity contribution in [2.24, 2.45) is 0 Å². The van der Waals surface area contributed by atoms with Crippen LogP contribution in [0, 0.1) is 17.0 Å². The largest absolute Gasteiger partial charge is 0.466 e. The first kappa shape index (κ1) is 14.6. The molecule has 0 aromatic heterocycles. The maximum Gasteiger partial charge on any atom is 0.310 e. The van der Waals surface area contributed by atoms with Crippen LogP contribution in [0.4, 0.5) is 5.69 Å². The Balaban J connectivity index is 3.19. The molecule has 6 heteroatoms. The Morgan fingerprint density at radius 1 is 1.44 bits per heavy atom. The first-order valence-corrected chi connectivity index (χ1v) is 6.60. The molecule has 18 heavy (non-hydrogen) atoms. The maximum absolute atomic E-state index is 11.5. The number of esters is 1. The number of carbonyl (C=O) groups is 1. The molecule has 0 amide bonds. The summed E-state index contributed by atoms with van der Waals surface area (Å²) in [4.78, 5) is 22.0. The van der Waals surface area contributed by atoms with Gasteiger partial charge in [0, 0.05) is 17.0 Å². The Labute approximate surface area is 113 Å². The molecule has 0 N–H and O–H groups in total. The smallest absolute Gasteiger partial charge is 0.310 e. The summed E-state index contributed by atoms with van der Waals surface area (Å²) < 4.78 is 4.88. The summed E-state index contributed by atoms with van der Waals surface area (Å²) in [6, 6.07) is 3.11. The van der Waals surface area contributed by atoms with E-state index < -0.39 is 4.92 Å². The van der Waals surface area contributed by atoms with Crippen LogP contribution in [0.1, 0.15) is 23.6 Å². The zero-order valence-electron chi connectivity index (χ0n) is 10.2. The maximum atomic E-state index is 11.5. The fourth-order valence-corrected chi connectivity index (χ4v) is 2.35. The van der Waals surface area contributed by atoms with E-state index in [0.717, 1.165) is 5.56 Å². The van der Waals surface area contributed by atoms with E-state index in [-0.39, 0.29) is 18.1 Å². The van der Waals surface area contributed by atoms with Crippen molar-refractivity contribution in [2.75, 3.05) is 6.61 Å². The van der Waals surface area contributed by atoms with Crippen molar-refractivity contribution in [1.29, 1.82) is 0 Å². The average Bonchev–Trinajstić information content (AvgIpc) is 2.31. The lowest BCUT2D eigenvalue weighted by Gasteiger charge is -2.10. The van der Waals surface area contributed by atoms with Crippen molar-refractivity contribution < 1.29 is 14.5 Å². The Kier molecular flexibility index (Phi) is 5.27. The van der Waals surface area contributed by atoms with E-state index >= 15 is 0 Å². The number of hydrogen-bond donors (Lipinski definition) is 0. The van der Waals surface area contributed by atoms with Gasteiger partial charge in [-0.15, -0.1) is 0 Å². The topological polar surface area (TPSA) is 69.4 Å². The van der Waals surface area contributed by atoms with Gasteiger partial charge in [0.05, 0.1) is 18.0 Å². The number of carbonyl (C=O) groups excluding carboxylic acids is 1. The van der Waals surface area contributed by atoms with Crippen LogP contribution >= 0.6 is 15.9 Å². The van der Waals surface area contributed by atoms with E-state index in [2.05, 4.69) is 15.9 Å². The summed E-state index contributed by atoms with van der Waals surface area (Å²) in [5.41, 5.74) is 2.08. The first-order valence-electron chi connectivity index (χ1n) is 5.48. The number of halogens is 1. The van der Waals surface area contributed by atoms with Crippen molar-refractivity contribution in [3.05, 3.63) is 38.9 Å². The van der Waals surface area contributed by atoms with Gasteiger partial charge in [-0.25, -0.2) is 0 Å². The van der Waals surface area contributed by atoms with Crippen molar-refractivity contribution in [3.8, 4) is 0 Å². The third-order valence-electron chi connectivity index (χ3n) is 2.60. The molecule has 5 nitrogen and oxygen atoms in total. The predicted octanol–water partition coefficient (Wildman–Crippen LogP) is 2.90. The van der Waals surface area contributed by atoms with Crippen molar-refractivity contribution >= 4 is 27.6 Å². The molecule has 0 saturated heterocycles. The molecule has 0 aliphatic carbocycles. The summed E-state index contributed by atoms with van der Waals surface area (Å²) >= 11 is 3.23. The molecule has 0 spiro atoms. The number of nitrogens with zero attached hydrogens (tertiary/aromatic N) is 1. The first-order chi connectivity index (χ1) is 8.51. The molecule has 0 saturated carbocycles. The summed E-state index contributed by atoms with van der Waals surface area (Å²) in [5.74, 6) is -0.372. The van der Waals surface area contributed by atoms with E-state index in [1.165, 1.54) is 6.07 Å². The third-order valence-corrected chi connectivity index (χ3v) is 3.16. The standard InChI is InChI=1S/C12H14BrNO4/c1-3-18-12(15)6-9-8(2)4-5-11(14(16)17)10(9)7-13/h4-5H,3,6-7H2,1-2H3. The highest BCUT2D eigenvalue weighted by Gasteiger charge is 2.20. The van der Waals surface area contributed by atoms with Crippen LogP contribution in [0.25, 0.3) is 0 Å². The van der Waals surface area contributed by atoms with Gasteiger partial charge in [-0.2, -0.15) is 0 Å². The SMILES string of the molecule is CCOC(=O)Cc1c(C)ccc([N+](=O)[O-])c1CBr. The quantitative estimate of drug-likeness (QED) is 0.362. The van der Waals surface area contributed by atoms with Gasteiger partial charge in [0.2, 0.25) is 0 Å². The molecule has 0 aliphatic rings. The highest BCUT2D eigenvalue weighted by Crippen LogP contribution is 2.28. The van der Waals surface area contributed by atoms with Crippen molar-refractivity contribution in [1.82, 2.24) is 0 Å². The molecule has 0 radical (unpaired) electrons. The third kappa shape index (κ3) is 3.29. The molecule has 0 fully saturated rings. The van der Waals surface area contributed by atoms with Gasteiger partial charge in [0.1, 0.15) is 0 Å². The number of benzene rings is 1. The molecule has 0 aliphatic heterocycles. The second-order valence-electron chi connectivity index (χ2n) is 3.73. The molecule has 1 aromatic rings. The fraction of sp³-hybridized carbons (Fsp3) is 0.417. The number of ether oxygens (including phenoxy) is 1. The number of alkyl halides is 1. The molecule has 0 heterocycles. The normalized spacial score (nSPS) is 10.2. The Morgan fingerprint density at radius 3 is 2.61 bits per heavy atom. The summed E-state index contributed by atoms with van der Waals surface area (Å²) in [5, 5.41) is 11.3. The van der Waals surface area contributed by atoms with E-state index in [4.69, 9.17) is 4.74 Å². The van der Waals surface area contributed by atoms with E-state index in [0.29, 0.717) is 23.1 Å². The molecule has 0 unspecified atom stereocenters. The van der Waals surface area contributed by atoms with Crippen LogP contribution in [0.5, 0.6) is 0 Å². The number of aryl methyl sites for hydroxylation is 1. The summed E-state index contributed by atoms with van der Waals surface area (Å²) in [7, 11) is 0. The van der Waals surface area contributed by atoms with E-state index in [1.54, 1.807) is 13.0 Å². The summed E-state index contributed by atoms with van der Waals surface area (Å²) in [6.07, 6.45) is 0.0578. The average molecular weight is 316 g/mol. The van der Waals surface area contributed by atoms with E-state index in [9.17, 15) is 14.9 Å². The van der Waals surface area contributed by atoms with Crippen molar-refractivity contribution in [3.63, 3.8) is 0 Å². The Hall–Kier alpha value is -1.43. The van der Waals surface area contributed by atoms with E-state index in [1.807, 2.05) is 6.92 Å². The molecule has 1 rings (SSSR count). The number of nitro groups is 1. The second-order valence-corrected chi connectivity index (χ2v) is 4.29. The van der Waals surface area contributed by atoms with Gasteiger partial charge in [-0.05, 0) is 25.0 Å². The lowest BCUT2D eigenvalue weighted by molar-refractivity contribution is -0.385. The molecule has 1 aromatic carbocycles. The fourth-order valence-electron chi connectivity index (χ4n) is 1.72. The van der Waals surface area contributed by atoms with Crippen LogP contribution in [0.3, 0.4) is 0 Å². The minimum Gasteiger partial charge on any atom is -0.466 e. The van der Waals surface area contributed by atoms with Gasteiger partial charge in [-0.1, -0.05) is 22.0 Å². The van der Waals surface area contributed by atoms with Gasteiger partial charge in [0.25, 0.3) is 5.69 Å². The zero-order chi connectivity index (χ0) is 13.7. The van der Waals surface area contributed by atoms with Gasteiger partial charge in [-0.3, -0.25) is 14.9 Å². The van der Waals surface area contributed by atoms with Crippen LogP contribution in [0.2, 0.25) is 0 Å². The monoisotopic (exact) mass is 315 g/mol. The highest BCUT2D eigenvalue weighted by molar-refractivity contribution is 9.08. The molecule has 0 bridgehead atoms. The second kappa shape index (κ2) is 6.49. The van der Waals surface area contributed by atoms with Gasteiger partial charge in [0.15, 0.2) is 0 Å². The van der Waals surface area contributed by atoms with Gasteiger partial charge < -0.3 is 4.74 Å². The van der Waals surface area contributed by atoms with Gasteiger partial charge >= 0.3 is 5.97 Å². The predicted molar refractivity (Wildman–Crippen MR) is 70.8 cm³/mol. The van der Waals surface area contributed by atoms with Crippen LogP contribution in [-0.4, -0.2) is 17.5 Å². The lowest BCUT2D eigenvalue weighted by atomic mass is 9.98. The summed E-state index contributed by atoms with van der Waals surface area (Å²) in [6.45, 7) is 3.85. The molecular formula is C12H14BrNO4. The van der Waals surface area contributed by atoms with Crippen LogP contribution in [-0.2, 0) is 21.3 Å². The van der Waals surface area contributed by atoms with Crippen LogP contribution in [0.15, 0.2) is 12.1 Å². The molecule has 98 valence electrons. The van der Waals surface area contributed by atoms with Crippen LogP contribution < -0.4 is 0 Å². The zero-order valence-corrected chi connectivity index (χ0v) is 11.8. The number of nitro benzene ring substituents is 1. The lowest BCUT2D eigenvalue weighted by Crippen LogP contribution is -2.11. The van der Waals surface area contributed by atoms with Crippen molar-refractivity contribution in [2.45, 2.75) is 25.6 Å². The Bertz CT molecular complexity index is 473. The number of rotatable bonds is 5. The number of hydrogen-bond acceptors (Lipinski definition) is 4. The molecule has 0 atom stereocenters. The highest BCUT2D eigenvalue weighted by atomic mass is 79.9. The minimum atomic E-state index is -0.440. The minimum absolute atomic E-state index is 0.0248. The Morgan fingerprint density at radius 2 is 2.11 bits per heavy atom. The molecular weight excluding hydrogens is 302 g/mol.